The second-order valence-corrected chi connectivity index (χ2v) is 3.05. The van der Waals surface area contributed by atoms with Gasteiger partial charge in [0.1, 0.15) is 11.5 Å². The van der Waals surface area contributed by atoms with E-state index in [0.29, 0.717) is 5.82 Å². The van der Waals surface area contributed by atoms with Crippen LogP contribution in [0.1, 0.15) is 6.92 Å². The highest BCUT2D eigenvalue weighted by molar-refractivity contribution is 5.51. The molecule has 2 rings (SSSR count). The minimum atomic E-state index is 0.696. The number of rotatable bonds is 3. The lowest BCUT2D eigenvalue weighted by Crippen LogP contribution is -2.02. The fraction of sp³-hybridized carbons (Fsp3) is 0.300. The first-order valence-corrected chi connectivity index (χ1v) is 4.88. The van der Waals surface area contributed by atoms with E-state index in [1.807, 2.05) is 30.8 Å². The van der Waals surface area contributed by atoms with Crippen molar-refractivity contribution in [2.45, 2.75) is 13.5 Å². The van der Waals surface area contributed by atoms with Gasteiger partial charge in [-0.25, -0.2) is 9.97 Å². The van der Waals surface area contributed by atoms with Gasteiger partial charge in [-0.1, -0.05) is 0 Å². The molecule has 0 aromatic carbocycles. The van der Waals surface area contributed by atoms with Gasteiger partial charge in [0.25, 0.3) is 0 Å². The largest absolute Gasteiger partial charge is 0.373 e. The molecular weight excluding hydrogens is 190 g/mol. The summed E-state index contributed by atoms with van der Waals surface area (Å²) in [6.07, 6.45) is 3.50. The summed E-state index contributed by atoms with van der Waals surface area (Å²) in [5, 5.41) is 7.17. The molecule has 5 nitrogen and oxygen atoms in total. The molecule has 0 aliphatic heterocycles. The first-order valence-electron chi connectivity index (χ1n) is 4.88. The molecule has 78 valence electrons. The molecule has 5 heteroatoms. The van der Waals surface area contributed by atoms with E-state index in [9.17, 15) is 0 Å². The molecule has 0 aliphatic rings. The molecule has 0 spiro atoms. The predicted molar refractivity (Wildman–Crippen MR) is 58.5 cm³/mol. The second-order valence-electron chi connectivity index (χ2n) is 3.05. The molecule has 2 aromatic rings. The van der Waals surface area contributed by atoms with E-state index in [1.54, 1.807) is 12.4 Å². The smallest absolute Gasteiger partial charge is 0.179 e. The van der Waals surface area contributed by atoms with E-state index in [2.05, 4.69) is 20.4 Å². The Hall–Kier alpha value is -1.91. The van der Waals surface area contributed by atoms with Gasteiger partial charge in [-0.05, 0) is 19.1 Å². The molecule has 0 saturated carbocycles. The van der Waals surface area contributed by atoms with Crippen molar-refractivity contribution in [3.8, 4) is 11.5 Å². The zero-order valence-electron chi connectivity index (χ0n) is 8.81. The van der Waals surface area contributed by atoms with Crippen molar-refractivity contribution in [2.24, 2.45) is 0 Å². The quantitative estimate of drug-likeness (QED) is 0.819. The van der Waals surface area contributed by atoms with Crippen molar-refractivity contribution in [3.63, 3.8) is 0 Å². The monoisotopic (exact) mass is 203 g/mol. The fourth-order valence-corrected chi connectivity index (χ4v) is 1.40. The number of hydrogen-bond acceptors (Lipinski definition) is 4. The zero-order valence-corrected chi connectivity index (χ0v) is 8.81. The number of aromatic nitrogens is 4. The Balaban J connectivity index is 2.44. The van der Waals surface area contributed by atoms with Gasteiger partial charge in [-0.3, -0.25) is 4.68 Å². The normalized spacial score (nSPS) is 10.3. The van der Waals surface area contributed by atoms with E-state index < -0.39 is 0 Å². The van der Waals surface area contributed by atoms with Gasteiger partial charge in [0, 0.05) is 26.0 Å². The molecule has 0 fully saturated rings. The van der Waals surface area contributed by atoms with Crippen LogP contribution in [-0.2, 0) is 6.54 Å². The van der Waals surface area contributed by atoms with Gasteiger partial charge in [-0.15, -0.1) is 0 Å². The summed E-state index contributed by atoms with van der Waals surface area (Å²) < 4.78 is 1.87. The summed E-state index contributed by atoms with van der Waals surface area (Å²) >= 11 is 0. The van der Waals surface area contributed by atoms with Gasteiger partial charge in [0.15, 0.2) is 5.82 Å². The second kappa shape index (κ2) is 4.08. The molecule has 1 N–H and O–H groups in total. The molecule has 0 unspecified atom stereocenters. The third-order valence-electron chi connectivity index (χ3n) is 2.16. The first kappa shape index (κ1) is 9.64. The molecule has 0 amide bonds. The Labute approximate surface area is 88.2 Å². The first-order chi connectivity index (χ1) is 7.35. The van der Waals surface area contributed by atoms with Crippen molar-refractivity contribution in [1.29, 1.82) is 0 Å². The summed E-state index contributed by atoms with van der Waals surface area (Å²) in [5.41, 5.74) is 0.939. The molecule has 0 bridgehead atoms. The van der Waals surface area contributed by atoms with Crippen LogP contribution in [0.5, 0.6) is 0 Å². The van der Waals surface area contributed by atoms with Crippen LogP contribution in [0.3, 0.4) is 0 Å². The van der Waals surface area contributed by atoms with Crippen molar-refractivity contribution in [2.75, 3.05) is 12.4 Å². The maximum atomic E-state index is 4.36. The van der Waals surface area contributed by atoms with Crippen LogP contribution in [0, 0.1) is 0 Å². The van der Waals surface area contributed by atoms with Crippen LogP contribution in [0.4, 0.5) is 5.82 Å². The number of nitrogens with zero attached hydrogens (tertiary/aromatic N) is 4. The van der Waals surface area contributed by atoms with Gasteiger partial charge >= 0.3 is 0 Å². The summed E-state index contributed by atoms with van der Waals surface area (Å²) in [5.74, 6) is 1.50. The lowest BCUT2D eigenvalue weighted by atomic mass is 10.4. The Morgan fingerprint density at radius 3 is 2.93 bits per heavy atom. The Morgan fingerprint density at radius 2 is 2.20 bits per heavy atom. The Morgan fingerprint density at radius 1 is 1.33 bits per heavy atom. The van der Waals surface area contributed by atoms with Crippen molar-refractivity contribution in [1.82, 2.24) is 19.7 Å². The summed E-state index contributed by atoms with van der Waals surface area (Å²) in [6, 6.07) is 3.74. The standard InChI is InChI=1S/C10H13N5/c1-3-15-8(4-7-13-15)10-12-6-5-9(11-2)14-10/h4-7H,3H2,1-2H3,(H,11,12,14). The molecule has 0 aliphatic carbocycles. The van der Waals surface area contributed by atoms with Crippen LogP contribution < -0.4 is 5.32 Å². The van der Waals surface area contributed by atoms with Crippen LogP contribution in [0.25, 0.3) is 11.5 Å². The molecule has 2 heterocycles. The minimum Gasteiger partial charge on any atom is -0.373 e. The van der Waals surface area contributed by atoms with E-state index in [1.165, 1.54) is 0 Å². The maximum Gasteiger partial charge on any atom is 0.179 e. The van der Waals surface area contributed by atoms with Crippen molar-refractivity contribution < 1.29 is 0 Å². The highest BCUT2D eigenvalue weighted by Gasteiger charge is 2.06. The maximum absolute atomic E-state index is 4.36. The molecule has 0 atom stereocenters. The highest BCUT2D eigenvalue weighted by atomic mass is 15.3. The number of anilines is 1. The fourth-order valence-electron chi connectivity index (χ4n) is 1.40. The Kier molecular flexibility index (Phi) is 2.62. The summed E-state index contributed by atoms with van der Waals surface area (Å²) in [7, 11) is 1.84. The number of hydrogen-bond donors (Lipinski definition) is 1. The molecule has 0 radical (unpaired) electrons. The lowest BCUT2D eigenvalue weighted by Gasteiger charge is -2.04. The van der Waals surface area contributed by atoms with E-state index in [4.69, 9.17) is 0 Å². The van der Waals surface area contributed by atoms with Crippen LogP contribution >= 0.6 is 0 Å². The SMILES string of the molecule is CCn1nccc1-c1nccc(NC)n1. The third kappa shape index (κ3) is 1.81. The van der Waals surface area contributed by atoms with Crippen molar-refractivity contribution in [3.05, 3.63) is 24.5 Å². The van der Waals surface area contributed by atoms with Gasteiger partial charge < -0.3 is 5.32 Å². The van der Waals surface area contributed by atoms with Crippen LogP contribution in [0.15, 0.2) is 24.5 Å². The minimum absolute atomic E-state index is 0.696. The van der Waals surface area contributed by atoms with E-state index in [-0.39, 0.29) is 0 Å². The molecule has 0 saturated heterocycles. The number of nitrogens with one attached hydrogen (secondary N) is 1. The van der Waals surface area contributed by atoms with Crippen LogP contribution in [-0.4, -0.2) is 26.8 Å². The highest BCUT2D eigenvalue weighted by Crippen LogP contribution is 2.15. The Bertz CT molecular complexity index is 449. The number of aryl methyl sites for hydroxylation is 1. The predicted octanol–water partition coefficient (Wildman–Crippen LogP) is 1.40. The average Bonchev–Trinajstić information content (AvgIpc) is 2.77. The average molecular weight is 203 g/mol. The molecular formula is C10H13N5. The summed E-state index contributed by atoms with van der Waals surface area (Å²) in [4.78, 5) is 8.59. The third-order valence-corrected chi connectivity index (χ3v) is 2.16. The topological polar surface area (TPSA) is 55.6 Å². The van der Waals surface area contributed by atoms with Crippen molar-refractivity contribution >= 4 is 5.82 Å². The summed E-state index contributed by atoms with van der Waals surface area (Å²) in [6.45, 7) is 2.86. The van der Waals surface area contributed by atoms with Gasteiger partial charge in [0.2, 0.25) is 0 Å². The van der Waals surface area contributed by atoms with Crippen LogP contribution in [0.2, 0.25) is 0 Å². The van der Waals surface area contributed by atoms with Gasteiger partial charge in [0.05, 0.1) is 0 Å². The van der Waals surface area contributed by atoms with Gasteiger partial charge in [-0.2, -0.15) is 5.10 Å². The zero-order chi connectivity index (χ0) is 10.7. The van der Waals surface area contributed by atoms with E-state index in [0.717, 1.165) is 18.1 Å². The van der Waals surface area contributed by atoms with E-state index >= 15 is 0 Å². The molecule has 2 aromatic heterocycles. The lowest BCUT2D eigenvalue weighted by molar-refractivity contribution is 0.664. The molecule has 15 heavy (non-hydrogen) atoms.